The number of fused-ring (bicyclic) bond motifs is 2. The van der Waals surface area contributed by atoms with E-state index in [-0.39, 0.29) is 7.92 Å². The zero-order valence-electron chi connectivity index (χ0n) is 23.7. The van der Waals surface area contributed by atoms with Crippen LogP contribution in [-0.4, -0.2) is 12.3 Å². The molecule has 0 saturated carbocycles. The van der Waals surface area contributed by atoms with E-state index in [1.165, 1.54) is 62.6 Å². The van der Waals surface area contributed by atoms with Crippen LogP contribution in [-0.2, 0) is 17.0 Å². The molecule has 0 bridgehead atoms. The van der Waals surface area contributed by atoms with Crippen molar-refractivity contribution in [1.29, 1.82) is 0 Å². The molecule has 0 aromatic heterocycles. The van der Waals surface area contributed by atoms with Crippen molar-refractivity contribution >= 4 is 77.2 Å². The van der Waals surface area contributed by atoms with Gasteiger partial charge >= 0.3 is 35.6 Å². The number of hydrogen-bond acceptors (Lipinski definition) is 0. The number of benzene rings is 4. The van der Waals surface area contributed by atoms with E-state index in [1.807, 2.05) is 0 Å². The molecular weight excluding hydrogens is 613 g/mol. The number of rotatable bonds is 8. The van der Waals surface area contributed by atoms with Crippen LogP contribution >= 0.6 is 34.5 Å². The van der Waals surface area contributed by atoms with E-state index in [4.69, 9.17) is 18.6 Å². The standard InChI is InChI=1S/C21H16P.C15H20P.2ClH.Ti/c1-3-11-19(12-4-1)22(20-13-5-2-6-14-20)21-15-17-9-7-8-10-18(17)16-21;1-3-9-16(10-4-2)15-11-13-7-5-6-8-14(13)12-15;;;/h1-16H;5-8,11-12H,3-4,9-10H2,1-2H3;2*1H;/q2*-1;;;+2/p-2. The monoisotopic (exact) mass is 648 g/mol. The molecule has 0 spiro atoms. The minimum absolute atomic E-state index is 0.0972. The molecule has 0 saturated heterocycles. The van der Waals surface area contributed by atoms with Crippen LogP contribution in [0.3, 0.4) is 0 Å². The van der Waals surface area contributed by atoms with Crippen LogP contribution in [0.5, 0.6) is 0 Å². The van der Waals surface area contributed by atoms with Crippen LogP contribution < -0.4 is 21.2 Å². The second-order valence-electron chi connectivity index (χ2n) is 9.75. The summed E-state index contributed by atoms with van der Waals surface area (Å²) in [6.07, 6.45) is 5.40. The van der Waals surface area contributed by atoms with Crippen LogP contribution in [0.2, 0.25) is 0 Å². The molecule has 6 rings (SSSR count). The van der Waals surface area contributed by atoms with Gasteiger partial charge in [-0.15, -0.1) is 80.7 Å². The Morgan fingerprint density at radius 3 is 1.39 bits per heavy atom. The maximum atomic E-state index is 4.89. The smallest absolute Gasteiger partial charge is 0.0166 e. The molecule has 0 aliphatic heterocycles. The number of halogens is 2. The van der Waals surface area contributed by atoms with Gasteiger partial charge in [0.05, 0.1) is 0 Å². The van der Waals surface area contributed by atoms with Gasteiger partial charge in [0.15, 0.2) is 0 Å². The second-order valence-corrected chi connectivity index (χ2v) is 17.0. The van der Waals surface area contributed by atoms with Crippen LogP contribution in [0.1, 0.15) is 26.7 Å². The first-order valence-electron chi connectivity index (χ1n) is 14.1. The van der Waals surface area contributed by atoms with Crippen molar-refractivity contribution in [2.45, 2.75) is 26.7 Å². The largest absolute Gasteiger partial charge is 0.160 e. The third kappa shape index (κ3) is 9.12. The maximum Gasteiger partial charge on any atom is -0.0166 e. The molecule has 0 aliphatic rings. The minimum atomic E-state index is -0.556. The second kappa shape index (κ2) is 17.4. The molecule has 6 aromatic rings. The Morgan fingerprint density at radius 2 is 0.951 bits per heavy atom. The SMILES string of the molecule is CCCP(CCC)c1cc2ccccc2[cH-]1.[Cl][Ti][Cl].c1ccc(P(c2ccccc2)c2cc3ccccc3[cH-]2)cc1. The summed E-state index contributed by atoms with van der Waals surface area (Å²) in [7, 11) is 9.38. The van der Waals surface area contributed by atoms with Crippen LogP contribution in [0.4, 0.5) is 0 Å². The normalized spacial score (nSPS) is 10.8. The zero-order chi connectivity index (χ0) is 28.9. The molecule has 6 aromatic carbocycles. The third-order valence-electron chi connectivity index (χ3n) is 6.84. The summed E-state index contributed by atoms with van der Waals surface area (Å²) in [4.78, 5) is 0. The molecule has 0 aliphatic carbocycles. The van der Waals surface area contributed by atoms with Gasteiger partial charge < -0.3 is 0 Å². The third-order valence-corrected chi connectivity index (χ3v) is 12.2. The van der Waals surface area contributed by atoms with Gasteiger partial charge in [-0.2, -0.15) is 12.1 Å². The fraction of sp³-hybridized carbons (Fsp3) is 0.167. The minimum Gasteiger partial charge on any atom is -0.160 e. The van der Waals surface area contributed by atoms with E-state index in [1.54, 1.807) is 5.30 Å². The van der Waals surface area contributed by atoms with Crippen molar-refractivity contribution in [2.75, 3.05) is 12.3 Å². The van der Waals surface area contributed by atoms with Gasteiger partial charge in [0.2, 0.25) is 0 Å². The topological polar surface area (TPSA) is 0 Å². The average Bonchev–Trinajstić information content (AvgIpc) is 3.64. The molecule has 0 nitrogen and oxygen atoms in total. The Hall–Kier alpha value is -1.75. The number of hydrogen-bond donors (Lipinski definition) is 0. The summed E-state index contributed by atoms with van der Waals surface area (Å²) in [5.74, 6) is 0. The van der Waals surface area contributed by atoms with Gasteiger partial charge in [-0.3, -0.25) is 0 Å². The molecule has 0 unspecified atom stereocenters. The summed E-state index contributed by atoms with van der Waals surface area (Å²) in [5.41, 5.74) is 0. The molecule has 41 heavy (non-hydrogen) atoms. The van der Waals surface area contributed by atoms with E-state index >= 15 is 0 Å². The first-order chi connectivity index (χ1) is 20.2. The van der Waals surface area contributed by atoms with Gasteiger partial charge in [0, 0.05) is 0 Å². The molecule has 210 valence electrons. The van der Waals surface area contributed by atoms with Crippen molar-refractivity contribution in [3.8, 4) is 0 Å². The van der Waals surface area contributed by atoms with Gasteiger partial charge in [-0.05, 0) is 30.9 Å². The summed E-state index contributed by atoms with van der Waals surface area (Å²) in [5, 5.41) is 11.3. The van der Waals surface area contributed by atoms with E-state index in [2.05, 4.69) is 147 Å². The van der Waals surface area contributed by atoms with Crippen LogP contribution in [0, 0.1) is 0 Å². The molecule has 0 amide bonds. The quantitative estimate of drug-likeness (QED) is 0.0875. The van der Waals surface area contributed by atoms with Gasteiger partial charge in [0.25, 0.3) is 0 Å². The van der Waals surface area contributed by atoms with Crippen molar-refractivity contribution < 1.29 is 17.0 Å². The Labute approximate surface area is 265 Å². The Morgan fingerprint density at radius 1 is 0.561 bits per heavy atom. The van der Waals surface area contributed by atoms with Crippen LogP contribution in [0.15, 0.2) is 133 Å². The summed E-state index contributed by atoms with van der Waals surface area (Å²) < 4.78 is 0. The predicted octanol–water partition coefficient (Wildman–Crippen LogP) is 10.2. The Balaban J connectivity index is 0.000000180. The van der Waals surface area contributed by atoms with Gasteiger partial charge in [-0.1, -0.05) is 107 Å². The first-order valence-corrected chi connectivity index (χ1v) is 21.5. The van der Waals surface area contributed by atoms with E-state index < -0.39 is 25.0 Å². The molecule has 0 radical (unpaired) electrons. The van der Waals surface area contributed by atoms with Crippen LogP contribution in [0.25, 0.3) is 21.5 Å². The molecule has 0 heterocycles. The molecule has 5 heteroatoms. The van der Waals surface area contributed by atoms with Crippen molar-refractivity contribution in [1.82, 2.24) is 0 Å². The fourth-order valence-corrected chi connectivity index (χ4v) is 9.93. The average molecular weight is 649 g/mol. The van der Waals surface area contributed by atoms with E-state index in [9.17, 15) is 0 Å². The summed E-state index contributed by atoms with van der Waals surface area (Å²) in [6, 6.07) is 48.5. The van der Waals surface area contributed by atoms with Gasteiger partial charge in [-0.25, -0.2) is 0 Å². The maximum absolute atomic E-state index is 4.89. The van der Waals surface area contributed by atoms with E-state index in [0.717, 1.165) is 0 Å². The Bertz CT molecular complexity index is 1470. The van der Waals surface area contributed by atoms with Crippen molar-refractivity contribution in [3.63, 3.8) is 0 Å². The van der Waals surface area contributed by atoms with Crippen molar-refractivity contribution in [2.24, 2.45) is 0 Å². The predicted molar refractivity (Wildman–Crippen MR) is 186 cm³/mol. The van der Waals surface area contributed by atoms with Gasteiger partial charge in [0.1, 0.15) is 0 Å². The fourth-order valence-electron chi connectivity index (χ4n) is 5.09. The first kappa shape index (κ1) is 32.2. The molecule has 0 fully saturated rings. The van der Waals surface area contributed by atoms with Crippen molar-refractivity contribution in [3.05, 3.63) is 133 Å². The molecule has 0 N–H and O–H groups in total. The molecule has 0 atom stereocenters. The van der Waals surface area contributed by atoms with E-state index in [0.29, 0.717) is 0 Å². The molecular formula is C36H36Cl2P2Ti-2. The summed E-state index contributed by atoms with van der Waals surface area (Å²) in [6.45, 7) is 4.60. The summed E-state index contributed by atoms with van der Waals surface area (Å²) >= 11 is -0.556. The Kier molecular flexibility index (Phi) is 13.6. The zero-order valence-corrected chi connectivity index (χ0v) is 28.5.